The Kier molecular flexibility index (Phi) is 4.10. The lowest BCUT2D eigenvalue weighted by Gasteiger charge is -2.11. The molecule has 0 aliphatic carbocycles. The van der Waals surface area contributed by atoms with Crippen molar-refractivity contribution in [3.05, 3.63) is 35.4 Å². The molecule has 0 spiro atoms. The second-order valence-electron chi connectivity index (χ2n) is 4.57. The van der Waals surface area contributed by atoms with Crippen LogP contribution < -0.4 is 0 Å². The molecular formula is C12H8O10S2. The maximum atomic E-state index is 11.5. The Balaban J connectivity index is 3.25. The number of carbonyl (C=O) groups is 2. The van der Waals surface area contributed by atoms with Crippen LogP contribution in [0.5, 0.6) is 0 Å². The third-order valence-corrected chi connectivity index (χ3v) is 4.80. The topological polar surface area (TPSA) is 183 Å². The summed E-state index contributed by atoms with van der Waals surface area (Å²) in [6, 6.07) is 2.58. The predicted octanol–water partition coefficient (Wildman–Crippen LogP) is 0.730. The molecule has 0 radical (unpaired) electrons. The molecule has 0 bridgehead atoms. The molecule has 0 heterocycles. The molecule has 0 fully saturated rings. The summed E-state index contributed by atoms with van der Waals surface area (Å²) in [6.45, 7) is 0. The Morgan fingerprint density at radius 3 is 1.71 bits per heavy atom. The van der Waals surface area contributed by atoms with Crippen LogP contribution in [0.15, 0.2) is 34.1 Å². The quantitative estimate of drug-likeness (QED) is 0.555. The van der Waals surface area contributed by atoms with Crippen molar-refractivity contribution in [2.45, 2.75) is 9.79 Å². The molecule has 2 aromatic rings. The highest BCUT2D eigenvalue weighted by Crippen LogP contribution is 2.32. The van der Waals surface area contributed by atoms with Gasteiger partial charge in [-0.05, 0) is 29.7 Å². The van der Waals surface area contributed by atoms with Crippen LogP contribution >= 0.6 is 0 Å². The van der Waals surface area contributed by atoms with E-state index in [0.717, 1.165) is 12.1 Å². The van der Waals surface area contributed by atoms with Gasteiger partial charge in [-0.2, -0.15) is 16.8 Å². The second kappa shape index (κ2) is 5.52. The SMILES string of the molecule is O=C(O)c1ccc(C(=O)O)c2c(S(=O)(=O)O)cc(S(=O)(=O)O)cc12. The van der Waals surface area contributed by atoms with Crippen LogP contribution in [0.1, 0.15) is 20.7 Å². The Morgan fingerprint density at radius 2 is 1.29 bits per heavy atom. The van der Waals surface area contributed by atoms with Crippen molar-refractivity contribution >= 4 is 42.9 Å². The summed E-state index contributed by atoms with van der Waals surface area (Å²) in [6.07, 6.45) is 0. The van der Waals surface area contributed by atoms with E-state index in [4.69, 9.17) is 14.8 Å². The minimum atomic E-state index is -5.14. The Hall–Kier alpha value is -2.54. The van der Waals surface area contributed by atoms with Crippen LogP contribution in [0, 0.1) is 0 Å². The van der Waals surface area contributed by atoms with Crippen LogP contribution in [0.2, 0.25) is 0 Å². The van der Waals surface area contributed by atoms with Crippen molar-refractivity contribution in [2.24, 2.45) is 0 Å². The van der Waals surface area contributed by atoms with Crippen molar-refractivity contribution < 1.29 is 45.7 Å². The second-order valence-corrected chi connectivity index (χ2v) is 7.38. The van der Waals surface area contributed by atoms with E-state index in [1.807, 2.05) is 0 Å². The molecule has 10 nitrogen and oxygen atoms in total. The fourth-order valence-corrected chi connectivity index (χ4v) is 3.50. The highest BCUT2D eigenvalue weighted by atomic mass is 32.2. The van der Waals surface area contributed by atoms with Crippen molar-refractivity contribution in [1.82, 2.24) is 0 Å². The third kappa shape index (κ3) is 3.07. The summed E-state index contributed by atoms with van der Waals surface area (Å²) in [5, 5.41) is 17.0. The van der Waals surface area contributed by atoms with E-state index in [-0.39, 0.29) is 0 Å². The predicted molar refractivity (Wildman–Crippen MR) is 77.5 cm³/mol. The molecule has 0 aliphatic heterocycles. The number of benzene rings is 2. The van der Waals surface area contributed by atoms with Gasteiger partial charge in [0.05, 0.1) is 16.0 Å². The van der Waals surface area contributed by atoms with Crippen molar-refractivity contribution in [2.75, 3.05) is 0 Å². The Bertz CT molecular complexity index is 1100. The molecular weight excluding hydrogens is 368 g/mol. The number of hydrogen-bond donors (Lipinski definition) is 4. The fourth-order valence-electron chi connectivity index (χ4n) is 2.14. The van der Waals surface area contributed by atoms with E-state index in [1.165, 1.54) is 0 Å². The molecule has 128 valence electrons. The van der Waals surface area contributed by atoms with Crippen LogP contribution in [0.4, 0.5) is 0 Å². The number of aromatic carboxylic acids is 2. The highest BCUT2D eigenvalue weighted by molar-refractivity contribution is 7.86. The van der Waals surface area contributed by atoms with Crippen molar-refractivity contribution in [1.29, 1.82) is 0 Å². The maximum Gasteiger partial charge on any atom is 0.336 e. The van der Waals surface area contributed by atoms with E-state index in [2.05, 4.69) is 0 Å². The first-order valence-electron chi connectivity index (χ1n) is 5.86. The molecule has 4 N–H and O–H groups in total. The number of fused-ring (bicyclic) bond motifs is 1. The smallest absolute Gasteiger partial charge is 0.336 e. The molecule has 2 aromatic carbocycles. The van der Waals surface area contributed by atoms with Crippen molar-refractivity contribution in [3.63, 3.8) is 0 Å². The number of rotatable bonds is 4. The summed E-state index contributed by atoms with van der Waals surface area (Å²) in [7, 11) is -10.1. The van der Waals surface area contributed by atoms with Gasteiger partial charge in [-0.3, -0.25) is 9.11 Å². The zero-order valence-corrected chi connectivity index (χ0v) is 13.0. The molecule has 0 aromatic heterocycles. The Labute approximate surface area is 134 Å². The van der Waals surface area contributed by atoms with Gasteiger partial charge in [0, 0.05) is 5.39 Å². The van der Waals surface area contributed by atoms with Crippen LogP contribution in [0.25, 0.3) is 10.8 Å². The molecule has 24 heavy (non-hydrogen) atoms. The zero-order valence-electron chi connectivity index (χ0n) is 11.4. The normalized spacial score (nSPS) is 12.2. The monoisotopic (exact) mass is 376 g/mol. The van der Waals surface area contributed by atoms with Gasteiger partial charge in [0.2, 0.25) is 0 Å². The van der Waals surface area contributed by atoms with Gasteiger partial charge >= 0.3 is 11.9 Å². The average Bonchev–Trinajstić information content (AvgIpc) is 2.42. The minimum Gasteiger partial charge on any atom is -0.478 e. The number of carboxylic acids is 2. The maximum absolute atomic E-state index is 11.5. The first-order chi connectivity index (χ1) is 10.8. The molecule has 0 aliphatic rings. The van der Waals surface area contributed by atoms with E-state index in [9.17, 15) is 31.0 Å². The molecule has 2 rings (SSSR count). The minimum absolute atomic E-state index is 0.338. The van der Waals surface area contributed by atoms with Crippen LogP contribution in [-0.4, -0.2) is 48.1 Å². The fraction of sp³-hybridized carbons (Fsp3) is 0. The Morgan fingerprint density at radius 1 is 0.792 bits per heavy atom. The lowest BCUT2D eigenvalue weighted by Crippen LogP contribution is -2.10. The van der Waals surface area contributed by atoms with Gasteiger partial charge in [0.15, 0.2) is 0 Å². The van der Waals surface area contributed by atoms with Gasteiger partial charge in [0.1, 0.15) is 4.90 Å². The van der Waals surface area contributed by atoms with Gasteiger partial charge in [0.25, 0.3) is 20.2 Å². The standard InChI is InChI=1S/C12H8O10S2/c13-11(14)6-1-2-7(12(15)16)10-8(6)3-5(23(17,18)19)4-9(10)24(20,21)22/h1-4H,(H,13,14)(H,15,16)(H,17,18,19)(H,20,21,22). The van der Waals surface area contributed by atoms with E-state index < -0.39 is 63.9 Å². The van der Waals surface area contributed by atoms with Gasteiger partial charge in [-0.15, -0.1) is 0 Å². The van der Waals surface area contributed by atoms with Crippen LogP contribution in [-0.2, 0) is 20.2 Å². The summed E-state index contributed by atoms with van der Waals surface area (Å²) >= 11 is 0. The summed E-state index contributed by atoms with van der Waals surface area (Å²) in [5.41, 5.74) is -1.30. The molecule has 12 heteroatoms. The summed E-state index contributed by atoms with van der Waals surface area (Å²) in [5.74, 6) is -3.24. The third-order valence-electron chi connectivity index (χ3n) is 3.09. The van der Waals surface area contributed by atoms with Gasteiger partial charge in [-0.1, -0.05) is 0 Å². The molecule has 0 atom stereocenters. The van der Waals surface area contributed by atoms with E-state index in [0.29, 0.717) is 12.1 Å². The first-order valence-corrected chi connectivity index (χ1v) is 8.74. The lowest BCUT2D eigenvalue weighted by atomic mass is 9.99. The molecule has 0 saturated carbocycles. The van der Waals surface area contributed by atoms with Crippen molar-refractivity contribution in [3.8, 4) is 0 Å². The highest BCUT2D eigenvalue weighted by Gasteiger charge is 2.26. The lowest BCUT2D eigenvalue weighted by molar-refractivity contribution is 0.0684. The number of hydrogen-bond acceptors (Lipinski definition) is 6. The summed E-state index contributed by atoms with van der Waals surface area (Å²) < 4.78 is 63.9. The van der Waals surface area contributed by atoms with Crippen LogP contribution in [0.3, 0.4) is 0 Å². The summed E-state index contributed by atoms with van der Waals surface area (Å²) in [4.78, 5) is 20.3. The van der Waals surface area contributed by atoms with Gasteiger partial charge < -0.3 is 10.2 Å². The largest absolute Gasteiger partial charge is 0.478 e. The molecule has 0 saturated heterocycles. The molecule has 0 amide bonds. The number of carboxylic acid groups (broad SMARTS) is 2. The average molecular weight is 376 g/mol. The zero-order chi connectivity index (χ0) is 18.4. The molecule has 0 unspecified atom stereocenters. The van der Waals surface area contributed by atoms with Gasteiger partial charge in [-0.25, -0.2) is 9.59 Å². The first kappa shape index (κ1) is 17.8. The van der Waals surface area contributed by atoms with E-state index in [1.54, 1.807) is 0 Å². The van der Waals surface area contributed by atoms with E-state index >= 15 is 0 Å².